The third-order valence-electron chi connectivity index (χ3n) is 6.88. The van der Waals surface area contributed by atoms with Gasteiger partial charge in [-0.1, -0.05) is 15.3 Å². The maximum atomic E-state index is 14.0. The number of hydrogen-bond acceptors (Lipinski definition) is 7. The smallest absolute Gasteiger partial charge is 0.229 e. The Hall–Kier alpha value is -1.73. The van der Waals surface area contributed by atoms with Crippen LogP contribution in [-0.4, -0.2) is 39.5 Å². The van der Waals surface area contributed by atoms with Crippen molar-refractivity contribution in [2.24, 2.45) is 11.1 Å². The monoisotopic (exact) mass is 550 g/mol. The lowest BCUT2D eigenvalue weighted by Gasteiger charge is -2.48. The molecule has 1 saturated carbocycles. The van der Waals surface area contributed by atoms with Gasteiger partial charge < -0.3 is 14.6 Å². The summed E-state index contributed by atoms with van der Waals surface area (Å²) in [6, 6.07) is 7.29. The Morgan fingerprint density at radius 2 is 2.19 bits per heavy atom. The molecule has 1 aromatic carbocycles. The van der Waals surface area contributed by atoms with E-state index in [0.29, 0.717) is 58.7 Å². The van der Waals surface area contributed by atoms with Crippen molar-refractivity contribution in [1.82, 2.24) is 4.90 Å². The standard InChI is InChI=1S/C25H32FN4O3PS2/c1-4-33-19-7-15(5-6-21(19)36(28)32)8-22(31)29-23-17(12-27)18-14-30(13-16-9-25(26,34)10-16)24(2,3)11-20(18)35-23/h5-7,16H,4,8-11,13-14,28,34H2,1-3H3,(H,29,31). The van der Waals surface area contributed by atoms with Crippen LogP contribution in [0.3, 0.4) is 0 Å². The Morgan fingerprint density at radius 3 is 2.81 bits per heavy atom. The number of ether oxygens (including phenoxy) is 1. The van der Waals surface area contributed by atoms with Gasteiger partial charge in [0.1, 0.15) is 16.5 Å². The van der Waals surface area contributed by atoms with Crippen LogP contribution in [-0.2, 0) is 35.5 Å². The predicted octanol–water partition coefficient (Wildman–Crippen LogP) is 4.27. The number of nitrogens with zero attached hydrogens (tertiary/aromatic N) is 2. The van der Waals surface area contributed by atoms with Gasteiger partial charge in [0.25, 0.3) is 0 Å². The first-order valence-electron chi connectivity index (χ1n) is 11.9. The Balaban J connectivity index is 1.49. The van der Waals surface area contributed by atoms with E-state index in [-0.39, 0.29) is 17.9 Å². The predicted molar refractivity (Wildman–Crippen MR) is 144 cm³/mol. The zero-order chi connectivity index (χ0) is 26.3. The fraction of sp³-hybridized carbons (Fsp3) is 0.520. The van der Waals surface area contributed by atoms with Gasteiger partial charge in [-0.2, -0.15) is 5.26 Å². The molecular formula is C25H32FN4O3PS2. The molecule has 1 aliphatic carbocycles. The van der Waals surface area contributed by atoms with Crippen molar-refractivity contribution in [1.29, 1.82) is 5.26 Å². The van der Waals surface area contributed by atoms with Crippen LogP contribution in [0.2, 0.25) is 0 Å². The number of nitrogens with two attached hydrogens (primary N) is 1. The van der Waals surface area contributed by atoms with Gasteiger partial charge in [0.2, 0.25) is 10.8 Å². The molecule has 1 amide bonds. The maximum absolute atomic E-state index is 14.0. The molecule has 1 aromatic heterocycles. The van der Waals surface area contributed by atoms with Crippen molar-refractivity contribution >= 4 is 42.8 Å². The number of nitriles is 1. The third kappa shape index (κ3) is 5.88. The molecule has 3 N–H and O–H groups in total. The second-order valence-corrected chi connectivity index (χ2v) is 13.4. The molecule has 0 spiro atoms. The highest BCUT2D eigenvalue weighted by atomic mass is 32.2. The zero-order valence-corrected chi connectivity index (χ0v) is 23.5. The number of hydrogen-bond donors (Lipinski definition) is 2. The van der Waals surface area contributed by atoms with Crippen LogP contribution < -0.4 is 15.2 Å². The summed E-state index contributed by atoms with van der Waals surface area (Å²) in [6.45, 7) is 7.95. The molecule has 0 saturated heterocycles. The van der Waals surface area contributed by atoms with Gasteiger partial charge in [-0.05, 0) is 57.2 Å². The molecule has 36 heavy (non-hydrogen) atoms. The van der Waals surface area contributed by atoms with Crippen molar-refractivity contribution in [3.63, 3.8) is 0 Å². The van der Waals surface area contributed by atoms with E-state index in [0.717, 1.165) is 23.4 Å². The molecule has 2 aliphatic rings. The highest BCUT2D eigenvalue weighted by Gasteiger charge is 2.44. The first-order valence-corrected chi connectivity index (χ1v) is 14.5. The molecule has 4 rings (SSSR count). The SMILES string of the molecule is CCOc1cc(CC(=O)Nc2sc3c(c2C#N)CN(CC2CC(F)(P)C2)C(C)(C)C3)ccc1[S+](N)[O-]. The highest BCUT2D eigenvalue weighted by Crippen LogP contribution is 2.48. The first kappa shape index (κ1) is 27.3. The van der Waals surface area contributed by atoms with Gasteiger partial charge in [0.15, 0.2) is 5.75 Å². The van der Waals surface area contributed by atoms with Crippen LogP contribution in [0.25, 0.3) is 0 Å². The van der Waals surface area contributed by atoms with E-state index in [2.05, 4.69) is 39.4 Å². The van der Waals surface area contributed by atoms with Crippen LogP contribution in [0.5, 0.6) is 5.75 Å². The van der Waals surface area contributed by atoms with Crippen molar-refractivity contribution in [2.75, 3.05) is 18.5 Å². The van der Waals surface area contributed by atoms with Crippen LogP contribution in [0.15, 0.2) is 23.1 Å². The topological polar surface area (TPSA) is 114 Å². The largest absolute Gasteiger partial charge is 0.593 e. The summed E-state index contributed by atoms with van der Waals surface area (Å²) in [7, 11) is 2.31. The number of rotatable bonds is 8. The minimum Gasteiger partial charge on any atom is -0.593 e. The molecule has 2 unspecified atom stereocenters. The number of fused-ring (bicyclic) bond motifs is 1. The van der Waals surface area contributed by atoms with E-state index in [1.54, 1.807) is 18.2 Å². The lowest BCUT2D eigenvalue weighted by Crippen LogP contribution is -2.52. The summed E-state index contributed by atoms with van der Waals surface area (Å²) >= 11 is -0.233. The van der Waals surface area contributed by atoms with Crippen molar-refractivity contribution in [3.05, 3.63) is 39.8 Å². The van der Waals surface area contributed by atoms with Gasteiger partial charge in [-0.15, -0.1) is 16.5 Å². The van der Waals surface area contributed by atoms with E-state index in [4.69, 9.17) is 9.88 Å². The minimum atomic E-state index is -1.69. The summed E-state index contributed by atoms with van der Waals surface area (Å²) in [5, 5.41) is 17.8. The van der Waals surface area contributed by atoms with Crippen LogP contribution in [0, 0.1) is 17.2 Å². The molecule has 1 fully saturated rings. The van der Waals surface area contributed by atoms with Gasteiger partial charge >= 0.3 is 0 Å². The second-order valence-electron chi connectivity index (χ2n) is 10.2. The Kier molecular flexibility index (Phi) is 8.01. The molecule has 0 bridgehead atoms. The second kappa shape index (κ2) is 10.6. The lowest BCUT2D eigenvalue weighted by molar-refractivity contribution is -0.115. The van der Waals surface area contributed by atoms with Crippen LogP contribution in [0.4, 0.5) is 9.39 Å². The average Bonchev–Trinajstić information content (AvgIpc) is 3.07. The quantitative estimate of drug-likeness (QED) is 0.375. The van der Waals surface area contributed by atoms with E-state index in [9.17, 15) is 19.0 Å². The molecule has 0 radical (unpaired) electrons. The molecule has 11 heteroatoms. The number of alkyl halides is 1. The fourth-order valence-corrected chi connectivity index (χ4v) is 7.63. The van der Waals surface area contributed by atoms with Gasteiger partial charge in [-0.3, -0.25) is 9.69 Å². The normalized spacial score (nSPS) is 23.8. The summed E-state index contributed by atoms with van der Waals surface area (Å²) in [5.41, 5.74) is 2.03. The van der Waals surface area contributed by atoms with E-state index in [1.807, 2.05) is 6.92 Å². The summed E-state index contributed by atoms with van der Waals surface area (Å²) < 4.78 is 31.3. The number of thiophene rings is 1. The van der Waals surface area contributed by atoms with Crippen molar-refractivity contribution in [2.45, 2.75) is 68.8 Å². The van der Waals surface area contributed by atoms with E-state index in [1.165, 1.54) is 11.3 Å². The molecule has 2 aromatic rings. The van der Waals surface area contributed by atoms with Gasteiger partial charge in [0, 0.05) is 35.5 Å². The Labute approximate surface area is 221 Å². The van der Waals surface area contributed by atoms with Crippen LogP contribution >= 0.6 is 20.6 Å². The zero-order valence-electron chi connectivity index (χ0n) is 20.7. The summed E-state index contributed by atoms with van der Waals surface area (Å²) in [6.07, 6.45) is 1.92. The first-order chi connectivity index (χ1) is 16.9. The Bertz CT molecular complexity index is 1190. The number of benzene rings is 1. The van der Waals surface area contributed by atoms with Crippen LogP contribution in [0.1, 0.15) is 55.2 Å². The van der Waals surface area contributed by atoms with Crippen molar-refractivity contribution < 1.29 is 18.5 Å². The maximum Gasteiger partial charge on any atom is 0.229 e. The lowest BCUT2D eigenvalue weighted by atomic mass is 9.80. The number of nitrogens with one attached hydrogen (secondary N) is 1. The number of carbonyl (C=O) groups is 1. The molecule has 2 heterocycles. The fourth-order valence-electron chi connectivity index (χ4n) is 5.04. The van der Waals surface area contributed by atoms with E-state index < -0.39 is 16.8 Å². The highest BCUT2D eigenvalue weighted by molar-refractivity contribution is 7.89. The van der Waals surface area contributed by atoms with Gasteiger partial charge in [-0.25, -0.2) is 4.39 Å². The third-order valence-corrected chi connectivity index (χ3v) is 9.27. The number of anilines is 1. The number of carbonyl (C=O) groups excluding carboxylic acids is 1. The van der Waals surface area contributed by atoms with Crippen molar-refractivity contribution in [3.8, 4) is 11.8 Å². The molecule has 194 valence electrons. The summed E-state index contributed by atoms with van der Waals surface area (Å²) in [4.78, 5) is 16.7. The molecule has 7 nitrogen and oxygen atoms in total. The number of halogens is 1. The van der Waals surface area contributed by atoms with E-state index >= 15 is 0 Å². The molecule has 1 aliphatic heterocycles. The summed E-state index contributed by atoms with van der Waals surface area (Å²) in [5.74, 6) is 0.453. The number of amides is 1. The molecule has 2 atom stereocenters. The average molecular weight is 551 g/mol. The van der Waals surface area contributed by atoms with Gasteiger partial charge in [0.05, 0.1) is 30.0 Å². The minimum absolute atomic E-state index is 0.0737. The Morgan fingerprint density at radius 1 is 1.47 bits per heavy atom. The molecular weight excluding hydrogens is 518 g/mol.